The van der Waals surface area contributed by atoms with Crippen LogP contribution in [0, 0.1) is 0 Å². The summed E-state index contributed by atoms with van der Waals surface area (Å²) in [5.74, 6) is 0.749. The molecule has 1 aromatic carbocycles. The van der Waals surface area contributed by atoms with E-state index in [1.807, 2.05) is 24.3 Å². The van der Waals surface area contributed by atoms with Gasteiger partial charge in [0.15, 0.2) is 0 Å². The van der Waals surface area contributed by atoms with Crippen LogP contribution in [-0.4, -0.2) is 46.0 Å². The third kappa shape index (κ3) is 4.24. The van der Waals surface area contributed by atoms with Gasteiger partial charge >= 0.3 is 5.97 Å². The number of carbonyl (C=O) groups is 2. The van der Waals surface area contributed by atoms with Gasteiger partial charge in [-0.1, -0.05) is 28.1 Å². The van der Waals surface area contributed by atoms with Crippen molar-refractivity contribution in [2.75, 3.05) is 18.1 Å². The van der Waals surface area contributed by atoms with Crippen molar-refractivity contribution in [1.29, 1.82) is 0 Å². The Balaban J connectivity index is 2.01. The summed E-state index contributed by atoms with van der Waals surface area (Å²) in [5.41, 5.74) is 0.950. The Morgan fingerprint density at radius 1 is 1.35 bits per heavy atom. The Hall–Kier alpha value is -1.01. The number of hydrogen-bond acceptors (Lipinski definition) is 3. The van der Waals surface area contributed by atoms with E-state index < -0.39 is 5.97 Å². The number of nitrogens with zero attached hydrogens (tertiary/aromatic N) is 1. The lowest BCUT2D eigenvalue weighted by atomic mass is 10.1. The lowest BCUT2D eigenvalue weighted by molar-refractivity contribution is -0.140. The van der Waals surface area contributed by atoms with Gasteiger partial charge in [-0.2, -0.15) is 11.8 Å². The number of amides is 1. The van der Waals surface area contributed by atoms with Crippen molar-refractivity contribution in [1.82, 2.24) is 4.90 Å². The van der Waals surface area contributed by atoms with Crippen LogP contribution in [0.2, 0.25) is 0 Å². The van der Waals surface area contributed by atoms with Crippen molar-refractivity contribution in [3.05, 3.63) is 34.3 Å². The zero-order chi connectivity index (χ0) is 14.5. The van der Waals surface area contributed by atoms with E-state index >= 15 is 0 Å². The lowest BCUT2D eigenvalue weighted by Gasteiger charge is -2.34. The molecular weight excluding hydrogens is 342 g/mol. The predicted molar refractivity (Wildman–Crippen MR) is 82.9 cm³/mol. The molecular formula is C14H16BrNO3S. The van der Waals surface area contributed by atoms with Gasteiger partial charge in [0.1, 0.15) is 0 Å². The molecule has 108 valence electrons. The van der Waals surface area contributed by atoms with Crippen molar-refractivity contribution in [2.45, 2.75) is 18.9 Å². The smallest absolute Gasteiger partial charge is 0.305 e. The van der Waals surface area contributed by atoms with E-state index in [0.29, 0.717) is 18.7 Å². The van der Waals surface area contributed by atoms with Crippen molar-refractivity contribution in [2.24, 2.45) is 0 Å². The second kappa shape index (κ2) is 7.13. The van der Waals surface area contributed by atoms with Gasteiger partial charge in [-0.25, -0.2) is 0 Å². The normalized spacial score (nSPS) is 18.9. The molecule has 1 unspecified atom stereocenters. The monoisotopic (exact) mass is 357 g/mol. The molecule has 0 radical (unpaired) electrons. The molecule has 1 heterocycles. The summed E-state index contributed by atoms with van der Waals surface area (Å²) in [6.07, 6.45) is 0.354. The van der Waals surface area contributed by atoms with E-state index in [1.54, 1.807) is 16.7 Å². The van der Waals surface area contributed by atoms with Crippen LogP contribution < -0.4 is 0 Å². The van der Waals surface area contributed by atoms with Gasteiger partial charge in [-0.05, 0) is 17.7 Å². The van der Waals surface area contributed by atoms with Crippen molar-refractivity contribution >= 4 is 39.6 Å². The number of aliphatic carboxylic acids is 1. The number of carboxylic acid groups (broad SMARTS) is 1. The maximum absolute atomic E-state index is 12.4. The Morgan fingerprint density at radius 3 is 2.70 bits per heavy atom. The van der Waals surface area contributed by atoms with Gasteiger partial charge in [0.05, 0.1) is 18.9 Å². The molecule has 0 aromatic heterocycles. The maximum atomic E-state index is 12.4. The van der Waals surface area contributed by atoms with E-state index in [9.17, 15) is 9.59 Å². The molecule has 1 N–H and O–H groups in total. The summed E-state index contributed by atoms with van der Waals surface area (Å²) < 4.78 is 0.979. The second-order valence-corrected chi connectivity index (χ2v) is 6.78. The fraction of sp³-hybridized carbons (Fsp3) is 0.429. The molecule has 2 rings (SSSR count). The van der Waals surface area contributed by atoms with Crippen LogP contribution in [0.25, 0.3) is 0 Å². The molecule has 0 aliphatic carbocycles. The van der Waals surface area contributed by atoms with Crippen molar-refractivity contribution in [3.63, 3.8) is 0 Å². The van der Waals surface area contributed by atoms with E-state index in [2.05, 4.69) is 15.9 Å². The third-order valence-corrected chi connectivity index (χ3v) is 4.85. The number of carbonyl (C=O) groups excluding carboxylic acids is 1. The summed E-state index contributed by atoms with van der Waals surface area (Å²) in [4.78, 5) is 25.0. The highest BCUT2D eigenvalue weighted by molar-refractivity contribution is 9.10. The summed E-state index contributed by atoms with van der Waals surface area (Å²) in [7, 11) is 0. The highest BCUT2D eigenvalue weighted by Gasteiger charge is 2.28. The SMILES string of the molecule is O=C(O)CC1CSCCN1C(=O)Cc1ccc(Br)cc1. The van der Waals surface area contributed by atoms with Crippen LogP contribution >= 0.6 is 27.7 Å². The van der Waals surface area contributed by atoms with Crippen LogP contribution in [0.1, 0.15) is 12.0 Å². The number of carboxylic acids is 1. The van der Waals surface area contributed by atoms with Gasteiger partial charge in [0.2, 0.25) is 5.91 Å². The maximum Gasteiger partial charge on any atom is 0.305 e. The first-order valence-corrected chi connectivity index (χ1v) is 8.34. The fourth-order valence-electron chi connectivity index (χ4n) is 2.23. The Bertz CT molecular complexity index is 492. The van der Waals surface area contributed by atoms with Crippen LogP contribution in [0.5, 0.6) is 0 Å². The molecule has 1 aromatic rings. The minimum Gasteiger partial charge on any atom is -0.481 e. The van der Waals surface area contributed by atoms with Crippen LogP contribution in [0.15, 0.2) is 28.7 Å². The third-order valence-electron chi connectivity index (χ3n) is 3.23. The first kappa shape index (κ1) is 15.4. The Labute approximate surface area is 130 Å². The van der Waals surface area contributed by atoms with Crippen LogP contribution in [0.4, 0.5) is 0 Å². The fourth-order valence-corrected chi connectivity index (χ4v) is 3.56. The molecule has 0 saturated carbocycles. The standard InChI is InChI=1S/C14H16BrNO3S/c15-11-3-1-10(2-4-11)7-13(17)16-5-6-20-9-12(16)8-14(18)19/h1-4,12H,5-9H2,(H,18,19). The number of halogens is 1. The topological polar surface area (TPSA) is 57.6 Å². The summed E-state index contributed by atoms with van der Waals surface area (Å²) >= 11 is 5.07. The van der Waals surface area contributed by atoms with Gasteiger partial charge in [0.25, 0.3) is 0 Å². The average molecular weight is 358 g/mol. The molecule has 20 heavy (non-hydrogen) atoms. The molecule has 1 aliphatic rings. The summed E-state index contributed by atoms with van der Waals surface area (Å²) in [6.45, 7) is 0.637. The lowest BCUT2D eigenvalue weighted by Crippen LogP contribution is -2.47. The predicted octanol–water partition coefficient (Wildman–Crippen LogP) is 2.41. The highest BCUT2D eigenvalue weighted by Crippen LogP contribution is 2.20. The van der Waals surface area contributed by atoms with Crippen LogP contribution in [0.3, 0.4) is 0 Å². The molecule has 6 heteroatoms. The average Bonchev–Trinajstić information content (AvgIpc) is 2.41. The molecule has 1 fully saturated rings. The van der Waals surface area contributed by atoms with E-state index in [0.717, 1.165) is 15.8 Å². The minimum atomic E-state index is -0.848. The summed E-state index contributed by atoms with van der Waals surface area (Å²) in [5, 5.41) is 8.93. The molecule has 1 atom stereocenters. The molecule has 1 amide bonds. The zero-order valence-electron chi connectivity index (χ0n) is 10.9. The van der Waals surface area contributed by atoms with Crippen molar-refractivity contribution < 1.29 is 14.7 Å². The molecule has 1 saturated heterocycles. The first-order valence-electron chi connectivity index (χ1n) is 6.39. The Morgan fingerprint density at radius 2 is 2.05 bits per heavy atom. The number of benzene rings is 1. The van der Waals surface area contributed by atoms with Gasteiger partial charge in [-0.3, -0.25) is 9.59 Å². The first-order chi connectivity index (χ1) is 9.56. The molecule has 4 nitrogen and oxygen atoms in total. The second-order valence-electron chi connectivity index (χ2n) is 4.72. The van der Waals surface area contributed by atoms with E-state index in [-0.39, 0.29) is 18.4 Å². The molecule has 1 aliphatic heterocycles. The zero-order valence-corrected chi connectivity index (χ0v) is 13.3. The van der Waals surface area contributed by atoms with Crippen molar-refractivity contribution in [3.8, 4) is 0 Å². The minimum absolute atomic E-state index is 0.0128. The quantitative estimate of drug-likeness (QED) is 0.898. The van der Waals surface area contributed by atoms with E-state index in [4.69, 9.17) is 5.11 Å². The largest absolute Gasteiger partial charge is 0.481 e. The number of rotatable bonds is 4. The van der Waals surface area contributed by atoms with Gasteiger partial charge in [0, 0.05) is 22.5 Å². The molecule has 0 spiro atoms. The number of thioether (sulfide) groups is 1. The Kier molecular flexibility index (Phi) is 5.48. The highest BCUT2D eigenvalue weighted by atomic mass is 79.9. The molecule has 0 bridgehead atoms. The van der Waals surface area contributed by atoms with Gasteiger partial charge < -0.3 is 10.0 Å². The number of hydrogen-bond donors (Lipinski definition) is 1. The van der Waals surface area contributed by atoms with Crippen LogP contribution in [-0.2, 0) is 16.0 Å². The van der Waals surface area contributed by atoms with Gasteiger partial charge in [-0.15, -0.1) is 0 Å². The summed E-state index contributed by atoms with van der Waals surface area (Å²) in [6, 6.07) is 7.45. The van der Waals surface area contributed by atoms with E-state index in [1.165, 1.54) is 0 Å².